The van der Waals surface area contributed by atoms with Gasteiger partial charge >= 0.3 is 5.97 Å². The van der Waals surface area contributed by atoms with Crippen molar-refractivity contribution in [2.24, 2.45) is 0 Å². The van der Waals surface area contributed by atoms with Crippen LogP contribution in [0.4, 0.5) is 5.69 Å². The standard InChI is InChI=1S/C21H20ClNO6/c22-15-3-5-16(6-4-15)23-20(25)13-29-21(26)9-7-17(24)14-2-8-18-19(12-14)28-11-1-10-27-18/h2-6,8,12H,1,7,9-11,13H2,(H,23,25). The van der Waals surface area contributed by atoms with Gasteiger partial charge in [-0.2, -0.15) is 0 Å². The molecule has 8 heteroatoms. The average Bonchev–Trinajstić information content (AvgIpc) is 2.97. The maximum atomic E-state index is 12.3. The van der Waals surface area contributed by atoms with E-state index in [0.29, 0.717) is 41.0 Å². The van der Waals surface area contributed by atoms with Crippen LogP contribution < -0.4 is 14.8 Å². The van der Waals surface area contributed by atoms with Crippen molar-refractivity contribution in [2.45, 2.75) is 19.3 Å². The third-order valence-corrected chi connectivity index (χ3v) is 4.37. The summed E-state index contributed by atoms with van der Waals surface area (Å²) in [6.07, 6.45) is 0.619. The minimum atomic E-state index is -0.626. The number of carbonyl (C=O) groups is 3. The van der Waals surface area contributed by atoms with Crippen molar-refractivity contribution in [3.8, 4) is 11.5 Å². The third kappa shape index (κ3) is 6.22. The van der Waals surface area contributed by atoms with Gasteiger partial charge in [0.1, 0.15) is 0 Å². The zero-order chi connectivity index (χ0) is 20.6. The number of amides is 1. The molecule has 0 saturated carbocycles. The number of rotatable bonds is 7. The molecule has 1 aliphatic heterocycles. The molecular weight excluding hydrogens is 398 g/mol. The SMILES string of the molecule is O=C(COC(=O)CCC(=O)c1ccc2c(c1)OCCCO2)Nc1ccc(Cl)cc1. The van der Waals surface area contributed by atoms with Crippen molar-refractivity contribution in [3.63, 3.8) is 0 Å². The van der Waals surface area contributed by atoms with Gasteiger partial charge in [-0.25, -0.2) is 0 Å². The Hall–Kier alpha value is -3.06. The molecule has 0 bridgehead atoms. The molecule has 0 aromatic heterocycles. The van der Waals surface area contributed by atoms with Crippen molar-refractivity contribution < 1.29 is 28.6 Å². The summed E-state index contributed by atoms with van der Waals surface area (Å²) >= 11 is 5.77. The molecule has 2 aromatic rings. The lowest BCUT2D eigenvalue weighted by atomic mass is 10.1. The van der Waals surface area contributed by atoms with Gasteiger partial charge in [-0.1, -0.05) is 11.6 Å². The average molecular weight is 418 g/mol. The summed E-state index contributed by atoms with van der Waals surface area (Å²) in [7, 11) is 0. The number of Topliss-reactive ketones (excluding diaryl/α,β-unsaturated/α-hetero) is 1. The lowest BCUT2D eigenvalue weighted by molar-refractivity contribution is -0.147. The molecule has 152 valence electrons. The van der Waals surface area contributed by atoms with Crippen molar-refractivity contribution in [1.82, 2.24) is 0 Å². The minimum absolute atomic E-state index is 0.0305. The summed E-state index contributed by atoms with van der Waals surface area (Å²) in [6, 6.07) is 11.5. The normalized spacial score (nSPS) is 12.6. The van der Waals surface area contributed by atoms with Crippen molar-refractivity contribution in [2.75, 3.05) is 25.1 Å². The second-order valence-electron chi connectivity index (χ2n) is 6.35. The Bertz CT molecular complexity index is 897. The van der Waals surface area contributed by atoms with Gasteiger partial charge in [0.2, 0.25) is 0 Å². The summed E-state index contributed by atoms with van der Waals surface area (Å²) in [5.41, 5.74) is 0.975. The van der Waals surface area contributed by atoms with E-state index in [0.717, 1.165) is 6.42 Å². The highest BCUT2D eigenvalue weighted by Crippen LogP contribution is 2.30. The van der Waals surface area contributed by atoms with Gasteiger partial charge < -0.3 is 19.5 Å². The maximum absolute atomic E-state index is 12.3. The van der Waals surface area contributed by atoms with Crippen LogP contribution in [0.2, 0.25) is 5.02 Å². The van der Waals surface area contributed by atoms with Gasteiger partial charge in [-0.3, -0.25) is 14.4 Å². The zero-order valence-electron chi connectivity index (χ0n) is 15.6. The van der Waals surface area contributed by atoms with E-state index >= 15 is 0 Å². The molecule has 0 saturated heterocycles. The molecule has 7 nitrogen and oxygen atoms in total. The number of anilines is 1. The number of fused-ring (bicyclic) bond motifs is 1. The van der Waals surface area contributed by atoms with Crippen LogP contribution in [0.5, 0.6) is 11.5 Å². The van der Waals surface area contributed by atoms with E-state index in [1.165, 1.54) is 0 Å². The Morgan fingerprint density at radius 1 is 0.966 bits per heavy atom. The molecule has 1 heterocycles. The first-order chi connectivity index (χ1) is 14.0. The summed E-state index contributed by atoms with van der Waals surface area (Å²) in [5.74, 6) is -0.197. The van der Waals surface area contributed by atoms with E-state index < -0.39 is 18.5 Å². The van der Waals surface area contributed by atoms with Crippen LogP contribution in [0, 0.1) is 0 Å². The number of hydrogen-bond donors (Lipinski definition) is 1. The van der Waals surface area contributed by atoms with Crippen LogP contribution in [-0.2, 0) is 14.3 Å². The summed E-state index contributed by atoms with van der Waals surface area (Å²) < 4.78 is 16.0. The number of nitrogens with one attached hydrogen (secondary N) is 1. The molecule has 2 aromatic carbocycles. The molecule has 29 heavy (non-hydrogen) atoms. The number of hydrogen-bond acceptors (Lipinski definition) is 6. The Labute approximate surface area is 172 Å². The van der Waals surface area contributed by atoms with Gasteiger partial charge in [-0.05, 0) is 42.5 Å². The largest absolute Gasteiger partial charge is 0.490 e. The lowest BCUT2D eigenvalue weighted by Crippen LogP contribution is -2.21. The van der Waals surface area contributed by atoms with Gasteiger partial charge in [0.25, 0.3) is 5.91 Å². The Kier molecular flexibility index (Phi) is 7.08. The first-order valence-corrected chi connectivity index (χ1v) is 9.53. The quantitative estimate of drug-likeness (QED) is 0.546. The highest BCUT2D eigenvalue weighted by Gasteiger charge is 2.16. The molecule has 0 aliphatic carbocycles. The summed E-state index contributed by atoms with van der Waals surface area (Å²) in [6.45, 7) is 0.659. The fraction of sp³-hybridized carbons (Fsp3) is 0.286. The summed E-state index contributed by atoms with van der Waals surface area (Å²) in [5, 5.41) is 3.13. The van der Waals surface area contributed by atoms with Crippen molar-refractivity contribution >= 4 is 34.9 Å². The molecule has 0 radical (unpaired) electrons. The fourth-order valence-corrected chi connectivity index (χ4v) is 2.77. The first kappa shape index (κ1) is 20.7. The fourth-order valence-electron chi connectivity index (χ4n) is 2.65. The Morgan fingerprint density at radius 3 is 2.45 bits per heavy atom. The molecule has 0 atom stereocenters. The van der Waals surface area contributed by atoms with E-state index in [1.807, 2.05) is 0 Å². The van der Waals surface area contributed by atoms with E-state index in [1.54, 1.807) is 42.5 Å². The van der Waals surface area contributed by atoms with Gasteiger partial charge in [0, 0.05) is 29.1 Å². The second-order valence-corrected chi connectivity index (χ2v) is 6.79. The molecule has 1 aliphatic rings. The monoisotopic (exact) mass is 417 g/mol. The molecule has 0 fully saturated rings. The molecule has 0 spiro atoms. The van der Waals surface area contributed by atoms with Crippen LogP contribution in [-0.4, -0.2) is 37.5 Å². The number of carbonyl (C=O) groups excluding carboxylic acids is 3. The topological polar surface area (TPSA) is 90.9 Å². The van der Waals surface area contributed by atoms with E-state index in [4.69, 9.17) is 25.8 Å². The summed E-state index contributed by atoms with van der Waals surface area (Å²) in [4.78, 5) is 36.0. The maximum Gasteiger partial charge on any atom is 0.306 e. The van der Waals surface area contributed by atoms with E-state index in [-0.39, 0.29) is 18.6 Å². The van der Waals surface area contributed by atoms with E-state index in [2.05, 4.69) is 5.32 Å². The van der Waals surface area contributed by atoms with Gasteiger partial charge in [0.05, 0.1) is 19.6 Å². The predicted molar refractivity (Wildman–Crippen MR) is 107 cm³/mol. The van der Waals surface area contributed by atoms with Crippen LogP contribution >= 0.6 is 11.6 Å². The number of halogens is 1. The number of ether oxygens (including phenoxy) is 3. The number of ketones is 1. The van der Waals surface area contributed by atoms with Gasteiger partial charge in [-0.15, -0.1) is 0 Å². The van der Waals surface area contributed by atoms with Crippen LogP contribution in [0.3, 0.4) is 0 Å². The smallest absolute Gasteiger partial charge is 0.306 e. The molecule has 0 unspecified atom stereocenters. The molecule has 3 rings (SSSR count). The predicted octanol–water partition coefficient (Wildman–Crippen LogP) is 3.65. The third-order valence-electron chi connectivity index (χ3n) is 4.12. The van der Waals surface area contributed by atoms with Crippen LogP contribution in [0.1, 0.15) is 29.6 Å². The number of benzene rings is 2. The van der Waals surface area contributed by atoms with Gasteiger partial charge in [0.15, 0.2) is 23.9 Å². The Balaban J connectivity index is 1.43. The van der Waals surface area contributed by atoms with Crippen LogP contribution in [0.25, 0.3) is 0 Å². The Morgan fingerprint density at radius 2 is 1.69 bits per heavy atom. The highest BCUT2D eigenvalue weighted by molar-refractivity contribution is 6.30. The minimum Gasteiger partial charge on any atom is -0.490 e. The first-order valence-electron chi connectivity index (χ1n) is 9.15. The lowest BCUT2D eigenvalue weighted by Gasteiger charge is -2.09. The highest BCUT2D eigenvalue weighted by atomic mass is 35.5. The van der Waals surface area contributed by atoms with E-state index in [9.17, 15) is 14.4 Å². The van der Waals surface area contributed by atoms with Crippen LogP contribution in [0.15, 0.2) is 42.5 Å². The zero-order valence-corrected chi connectivity index (χ0v) is 16.4. The molecular formula is C21H20ClNO6. The van der Waals surface area contributed by atoms with Crippen molar-refractivity contribution in [1.29, 1.82) is 0 Å². The second kappa shape index (κ2) is 9.93. The number of esters is 1. The molecule has 1 amide bonds. The molecule has 1 N–H and O–H groups in total. The van der Waals surface area contributed by atoms with Crippen molar-refractivity contribution in [3.05, 3.63) is 53.1 Å².